The minimum absolute atomic E-state index is 0.263. The summed E-state index contributed by atoms with van der Waals surface area (Å²) in [5, 5.41) is 4.16. The Morgan fingerprint density at radius 3 is 2.82 bits per heavy atom. The van der Waals surface area contributed by atoms with Gasteiger partial charge in [-0.15, -0.1) is 0 Å². The second-order valence-electron chi connectivity index (χ2n) is 4.75. The highest BCUT2D eigenvalue weighted by Gasteiger charge is 2.22. The summed E-state index contributed by atoms with van der Waals surface area (Å²) in [5.41, 5.74) is 0.873. The molecule has 2 heterocycles. The molecule has 0 aliphatic rings. The first-order chi connectivity index (χ1) is 10.7. The van der Waals surface area contributed by atoms with Gasteiger partial charge in [0, 0.05) is 0 Å². The fourth-order valence-electron chi connectivity index (χ4n) is 2.43. The maximum absolute atomic E-state index is 12.2. The van der Waals surface area contributed by atoms with E-state index in [1.807, 2.05) is 19.1 Å². The maximum Gasteiger partial charge on any atom is 0.347 e. The first-order valence-corrected chi connectivity index (χ1v) is 6.89. The zero-order valence-electron chi connectivity index (χ0n) is 12.2. The van der Waals surface area contributed by atoms with Crippen molar-refractivity contribution in [3.63, 3.8) is 0 Å². The highest BCUT2D eigenvalue weighted by Crippen LogP contribution is 2.22. The fraction of sp³-hybridized carbons (Fsp3) is 0.188. The Hall–Kier alpha value is -2.89. The van der Waals surface area contributed by atoms with Gasteiger partial charge in [-0.2, -0.15) is 0 Å². The minimum atomic E-state index is -0.526. The summed E-state index contributed by atoms with van der Waals surface area (Å²) in [6.07, 6.45) is 0. The molecule has 0 spiro atoms. The molecule has 6 nitrogen and oxygen atoms in total. The molecule has 0 bridgehead atoms. The van der Waals surface area contributed by atoms with Crippen molar-refractivity contribution in [2.24, 2.45) is 0 Å². The quantitative estimate of drug-likeness (QED) is 0.454. The van der Waals surface area contributed by atoms with Gasteiger partial charge in [-0.3, -0.25) is 5.32 Å². The number of H-pyrrole nitrogens is 1. The number of para-hydroxylation sites is 1. The van der Waals surface area contributed by atoms with Crippen LogP contribution in [0.3, 0.4) is 0 Å². The number of esters is 1. The molecule has 22 heavy (non-hydrogen) atoms. The van der Waals surface area contributed by atoms with Crippen molar-refractivity contribution in [1.29, 1.82) is 0 Å². The number of hydrogen-bond acceptors (Lipinski definition) is 5. The molecule has 112 valence electrons. The number of hydrogen-bond donors (Lipinski definition) is 1. The van der Waals surface area contributed by atoms with Crippen LogP contribution in [0.15, 0.2) is 39.5 Å². The summed E-state index contributed by atoms with van der Waals surface area (Å²) >= 11 is 0. The Bertz CT molecular complexity index is 930. The van der Waals surface area contributed by atoms with E-state index in [0.29, 0.717) is 28.8 Å². The Labute approximate surface area is 125 Å². The molecule has 0 saturated heterocycles. The number of carbonyl (C=O) groups excluding carboxylic acids is 1. The Morgan fingerprint density at radius 2 is 2.09 bits per heavy atom. The van der Waals surface area contributed by atoms with E-state index in [2.05, 4.69) is 10.3 Å². The third-order valence-corrected chi connectivity index (χ3v) is 3.42. The van der Waals surface area contributed by atoms with Crippen molar-refractivity contribution in [2.75, 3.05) is 19.0 Å². The highest BCUT2D eigenvalue weighted by atomic mass is 16.5. The third-order valence-electron chi connectivity index (χ3n) is 3.42. The third kappa shape index (κ3) is 2.18. The standard InChI is InChI=1S/C16H14N2O4/c1-3-17-14-11(15(19)21-2)8-10-13(18-14)9-6-4-5-7-12(9)22-16(10)20/h4-8H,3H2,1-2H3,(H,17,18)/p+1. The van der Waals surface area contributed by atoms with E-state index in [-0.39, 0.29) is 5.56 Å². The van der Waals surface area contributed by atoms with E-state index in [0.717, 1.165) is 5.39 Å². The molecule has 1 aromatic carbocycles. The number of aromatic amines is 1. The van der Waals surface area contributed by atoms with Crippen LogP contribution in [0.2, 0.25) is 0 Å². The summed E-state index contributed by atoms with van der Waals surface area (Å²) in [6.45, 7) is 2.53. The van der Waals surface area contributed by atoms with Crippen molar-refractivity contribution < 1.29 is 18.9 Å². The highest BCUT2D eigenvalue weighted by molar-refractivity contribution is 6.03. The molecule has 0 aliphatic carbocycles. The average Bonchev–Trinajstić information content (AvgIpc) is 2.54. The Morgan fingerprint density at radius 1 is 1.32 bits per heavy atom. The van der Waals surface area contributed by atoms with Crippen LogP contribution in [0.1, 0.15) is 17.3 Å². The van der Waals surface area contributed by atoms with E-state index < -0.39 is 11.6 Å². The molecule has 0 aliphatic heterocycles. The first-order valence-electron chi connectivity index (χ1n) is 6.89. The van der Waals surface area contributed by atoms with Crippen LogP contribution in [0.25, 0.3) is 21.9 Å². The van der Waals surface area contributed by atoms with Crippen molar-refractivity contribution in [3.05, 3.63) is 46.3 Å². The smallest absolute Gasteiger partial charge is 0.347 e. The van der Waals surface area contributed by atoms with Gasteiger partial charge in [0.2, 0.25) is 0 Å². The molecule has 3 aromatic rings. The van der Waals surface area contributed by atoms with Gasteiger partial charge in [0.25, 0.3) is 5.82 Å². The van der Waals surface area contributed by atoms with Crippen molar-refractivity contribution >= 4 is 33.7 Å². The van der Waals surface area contributed by atoms with Crippen LogP contribution in [0.5, 0.6) is 0 Å². The second kappa shape index (κ2) is 5.48. The normalized spacial score (nSPS) is 10.8. The number of carbonyl (C=O) groups is 1. The molecule has 0 saturated carbocycles. The van der Waals surface area contributed by atoms with Crippen LogP contribution in [-0.4, -0.2) is 19.6 Å². The molecular weight excluding hydrogens is 284 g/mol. The lowest BCUT2D eigenvalue weighted by Gasteiger charge is -2.06. The molecule has 0 atom stereocenters. The number of ether oxygens (including phenoxy) is 1. The van der Waals surface area contributed by atoms with E-state index in [1.54, 1.807) is 12.1 Å². The van der Waals surface area contributed by atoms with Gasteiger partial charge in [0.15, 0.2) is 5.52 Å². The molecule has 6 heteroatoms. The lowest BCUT2D eigenvalue weighted by molar-refractivity contribution is -0.326. The zero-order valence-corrected chi connectivity index (χ0v) is 12.2. The van der Waals surface area contributed by atoms with Crippen LogP contribution in [0, 0.1) is 0 Å². The van der Waals surface area contributed by atoms with Gasteiger partial charge < -0.3 is 9.15 Å². The molecule has 0 unspecified atom stereocenters. The molecule has 0 fully saturated rings. The molecule has 3 rings (SSSR count). The molecule has 2 N–H and O–H groups in total. The largest absolute Gasteiger partial charge is 0.465 e. The van der Waals surface area contributed by atoms with Gasteiger partial charge in [-0.1, -0.05) is 12.1 Å². The molecule has 0 amide bonds. The van der Waals surface area contributed by atoms with Crippen molar-refractivity contribution in [2.45, 2.75) is 6.92 Å². The van der Waals surface area contributed by atoms with E-state index in [1.165, 1.54) is 13.2 Å². The van der Waals surface area contributed by atoms with Crippen LogP contribution >= 0.6 is 0 Å². The number of benzene rings is 1. The summed E-state index contributed by atoms with van der Waals surface area (Å²) in [6, 6.07) is 8.73. The Balaban J connectivity index is 2.43. The number of fused-ring (bicyclic) bond motifs is 3. The van der Waals surface area contributed by atoms with Crippen LogP contribution in [0.4, 0.5) is 5.82 Å². The maximum atomic E-state index is 12.2. The molecular formula is C16H15N2O4+. The molecule has 2 aromatic heterocycles. The van der Waals surface area contributed by atoms with Crippen LogP contribution < -0.4 is 15.9 Å². The number of methoxy groups -OCH3 is 1. The fourth-order valence-corrected chi connectivity index (χ4v) is 2.43. The van der Waals surface area contributed by atoms with E-state index in [9.17, 15) is 9.59 Å². The van der Waals surface area contributed by atoms with E-state index >= 15 is 0 Å². The monoisotopic (exact) mass is 299 g/mol. The summed E-state index contributed by atoms with van der Waals surface area (Å²) in [7, 11) is 1.30. The summed E-state index contributed by atoms with van der Waals surface area (Å²) in [5.74, 6) is -0.0146. The number of nitrogens with one attached hydrogen (secondary N) is 2. The predicted octanol–water partition coefficient (Wildman–Crippen LogP) is 1.98. The number of pyridine rings is 1. The van der Waals surface area contributed by atoms with Crippen molar-refractivity contribution in [3.8, 4) is 0 Å². The van der Waals surface area contributed by atoms with Gasteiger partial charge >= 0.3 is 11.6 Å². The zero-order chi connectivity index (χ0) is 15.7. The van der Waals surface area contributed by atoms with Gasteiger partial charge in [0.05, 0.1) is 19.0 Å². The van der Waals surface area contributed by atoms with Crippen LogP contribution in [-0.2, 0) is 4.74 Å². The minimum Gasteiger partial charge on any atom is -0.465 e. The first kappa shape index (κ1) is 14.1. The number of rotatable bonds is 3. The summed E-state index contributed by atoms with van der Waals surface area (Å²) < 4.78 is 10.1. The number of anilines is 1. The van der Waals surface area contributed by atoms with Gasteiger partial charge in [-0.05, 0) is 25.1 Å². The summed E-state index contributed by atoms with van der Waals surface area (Å²) in [4.78, 5) is 27.2. The number of aromatic nitrogens is 1. The van der Waals surface area contributed by atoms with Crippen molar-refractivity contribution in [1.82, 2.24) is 0 Å². The lowest BCUT2D eigenvalue weighted by Crippen LogP contribution is -2.21. The average molecular weight is 299 g/mol. The molecule has 0 radical (unpaired) electrons. The van der Waals surface area contributed by atoms with Gasteiger partial charge in [0.1, 0.15) is 16.5 Å². The topological polar surface area (TPSA) is 82.7 Å². The predicted molar refractivity (Wildman–Crippen MR) is 82.0 cm³/mol. The lowest BCUT2D eigenvalue weighted by atomic mass is 10.1. The van der Waals surface area contributed by atoms with E-state index in [4.69, 9.17) is 9.15 Å². The second-order valence-corrected chi connectivity index (χ2v) is 4.75. The Kier molecular flexibility index (Phi) is 3.50. The van der Waals surface area contributed by atoms with Gasteiger partial charge in [-0.25, -0.2) is 14.6 Å². The SMILES string of the molecule is CCNc1[nH+]c2c(cc1C(=O)OC)c(=O)oc1ccccc12.